The predicted molar refractivity (Wildman–Crippen MR) is 141 cm³/mol. The SMILES string of the molecule is COc1cc(-c2nnn(Cc3ccccc3C(C)(C)O)n2)ccc1/C=C\c1ccc2ccccc2n1. The molecular formula is C29H27N5O2. The van der Waals surface area contributed by atoms with Crippen LogP contribution < -0.4 is 4.74 Å². The fraction of sp³-hybridized carbons (Fsp3) is 0.172. The lowest BCUT2D eigenvalue weighted by Crippen LogP contribution is -2.19. The fourth-order valence-electron chi connectivity index (χ4n) is 4.17. The quantitative estimate of drug-likeness (QED) is 0.340. The van der Waals surface area contributed by atoms with E-state index in [1.807, 2.05) is 84.9 Å². The molecule has 0 spiro atoms. The highest BCUT2D eigenvalue weighted by Gasteiger charge is 2.20. The smallest absolute Gasteiger partial charge is 0.205 e. The van der Waals surface area contributed by atoms with E-state index >= 15 is 0 Å². The largest absolute Gasteiger partial charge is 0.496 e. The van der Waals surface area contributed by atoms with E-state index in [0.29, 0.717) is 18.1 Å². The average molecular weight is 478 g/mol. The summed E-state index contributed by atoms with van der Waals surface area (Å²) in [6.07, 6.45) is 3.95. The van der Waals surface area contributed by atoms with Crippen LogP contribution in [0.5, 0.6) is 5.75 Å². The number of rotatable bonds is 7. The van der Waals surface area contributed by atoms with Crippen molar-refractivity contribution in [3.8, 4) is 17.1 Å². The minimum atomic E-state index is -0.959. The summed E-state index contributed by atoms with van der Waals surface area (Å²) in [6, 6.07) is 25.7. The van der Waals surface area contributed by atoms with Crippen molar-refractivity contribution in [1.82, 2.24) is 25.2 Å². The number of methoxy groups -OCH3 is 1. The number of aromatic nitrogens is 5. The summed E-state index contributed by atoms with van der Waals surface area (Å²) in [6.45, 7) is 3.94. The van der Waals surface area contributed by atoms with Gasteiger partial charge in [-0.05, 0) is 60.5 Å². The lowest BCUT2D eigenvalue weighted by atomic mass is 9.93. The van der Waals surface area contributed by atoms with Crippen molar-refractivity contribution in [2.45, 2.75) is 26.0 Å². The summed E-state index contributed by atoms with van der Waals surface area (Å²) in [5.74, 6) is 1.20. The molecule has 2 heterocycles. The maximum atomic E-state index is 10.5. The Labute approximate surface area is 209 Å². The molecule has 0 aliphatic carbocycles. The first kappa shape index (κ1) is 23.4. The van der Waals surface area contributed by atoms with Gasteiger partial charge in [0.05, 0.1) is 30.5 Å². The molecule has 7 nitrogen and oxygen atoms in total. The third kappa shape index (κ3) is 5.01. The molecule has 0 unspecified atom stereocenters. The molecule has 180 valence electrons. The van der Waals surface area contributed by atoms with Crippen LogP contribution in [0.2, 0.25) is 0 Å². The van der Waals surface area contributed by atoms with Gasteiger partial charge in [-0.25, -0.2) is 4.98 Å². The number of hydrogen-bond acceptors (Lipinski definition) is 6. The van der Waals surface area contributed by atoms with Crippen LogP contribution in [0.4, 0.5) is 0 Å². The van der Waals surface area contributed by atoms with Gasteiger partial charge >= 0.3 is 0 Å². The average Bonchev–Trinajstić information content (AvgIpc) is 3.35. The molecule has 0 fully saturated rings. The molecule has 0 bridgehead atoms. The number of nitrogens with zero attached hydrogens (tertiary/aromatic N) is 5. The second-order valence-electron chi connectivity index (χ2n) is 9.08. The Hall–Kier alpha value is -4.36. The van der Waals surface area contributed by atoms with Crippen LogP contribution in [0.1, 0.15) is 36.2 Å². The molecular weight excluding hydrogens is 450 g/mol. The monoisotopic (exact) mass is 477 g/mol. The molecule has 5 rings (SSSR count). The molecule has 0 saturated heterocycles. The van der Waals surface area contributed by atoms with Gasteiger partial charge in [-0.3, -0.25) is 0 Å². The van der Waals surface area contributed by atoms with Crippen LogP contribution >= 0.6 is 0 Å². The summed E-state index contributed by atoms with van der Waals surface area (Å²) in [4.78, 5) is 6.23. The third-order valence-electron chi connectivity index (χ3n) is 5.99. The minimum absolute atomic E-state index is 0.407. The van der Waals surface area contributed by atoms with Crippen LogP contribution in [0, 0.1) is 0 Å². The number of hydrogen-bond donors (Lipinski definition) is 1. The topological polar surface area (TPSA) is 86.0 Å². The van der Waals surface area contributed by atoms with Crippen LogP contribution in [-0.2, 0) is 12.1 Å². The Kier molecular flexibility index (Phi) is 6.31. The second-order valence-corrected chi connectivity index (χ2v) is 9.08. The van der Waals surface area contributed by atoms with E-state index in [4.69, 9.17) is 9.72 Å². The zero-order chi connectivity index (χ0) is 25.1. The molecule has 1 N–H and O–H groups in total. The molecule has 0 aliphatic heterocycles. The third-order valence-corrected chi connectivity index (χ3v) is 5.99. The molecule has 0 atom stereocenters. The molecule has 7 heteroatoms. The number of tetrazole rings is 1. The highest BCUT2D eigenvalue weighted by molar-refractivity contribution is 5.81. The number of aliphatic hydroxyl groups is 1. The van der Waals surface area contributed by atoms with Crippen molar-refractivity contribution in [3.05, 3.63) is 101 Å². The Balaban J connectivity index is 1.37. The zero-order valence-electron chi connectivity index (χ0n) is 20.5. The van der Waals surface area contributed by atoms with E-state index in [1.165, 1.54) is 4.80 Å². The Morgan fingerprint density at radius 1 is 0.944 bits per heavy atom. The summed E-state index contributed by atoms with van der Waals surface area (Å²) < 4.78 is 5.64. The van der Waals surface area contributed by atoms with Gasteiger partial charge in [0, 0.05) is 16.5 Å². The summed E-state index contributed by atoms with van der Waals surface area (Å²) >= 11 is 0. The van der Waals surface area contributed by atoms with Crippen molar-refractivity contribution >= 4 is 23.1 Å². The molecule has 3 aromatic carbocycles. The predicted octanol–water partition coefficient (Wildman–Crippen LogP) is 5.34. The van der Waals surface area contributed by atoms with Gasteiger partial charge in [0.15, 0.2) is 0 Å². The lowest BCUT2D eigenvalue weighted by Gasteiger charge is -2.21. The van der Waals surface area contributed by atoms with Crippen LogP contribution in [0.3, 0.4) is 0 Å². The maximum absolute atomic E-state index is 10.5. The maximum Gasteiger partial charge on any atom is 0.205 e. The van der Waals surface area contributed by atoms with Gasteiger partial charge < -0.3 is 9.84 Å². The van der Waals surface area contributed by atoms with Gasteiger partial charge in [0.1, 0.15) is 5.75 Å². The standard InChI is InChI=1S/C29H27N5O2/c1-29(2,35)25-10-6-4-9-23(25)19-34-32-28(31-33-34)22-13-12-21(27(18-22)36-3)15-17-24-16-14-20-8-5-7-11-26(20)30-24/h4-18,35H,19H2,1-3H3/b17-15-. The molecule has 5 aromatic rings. The van der Waals surface area contributed by atoms with Crippen molar-refractivity contribution in [1.29, 1.82) is 0 Å². The lowest BCUT2D eigenvalue weighted by molar-refractivity contribution is 0.0774. The van der Waals surface area contributed by atoms with Crippen LogP contribution in [-0.4, -0.2) is 37.4 Å². The van der Waals surface area contributed by atoms with Gasteiger partial charge in [-0.1, -0.05) is 60.7 Å². The van der Waals surface area contributed by atoms with Crippen molar-refractivity contribution in [2.24, 2.45) is 0 Å². The summed E-state index contributed by atoms with van der Waals surface area (Å²) in [5, 5.41) is 24.6. The Morgan fingerprint density at radius 2 is 1.75 bits per heavy atom. The highest BCUT2D eigenvalue weighted by atomic mass is 16.5. The molecule has 0 aliphatic rings. The van der Waals surface area contributed by atoms with Crippen molar-refractivity contribution in [3.63, 3.8) is 0 Å². The summed E-state index contributed by atoms with van der Waals surface area (Å²) in [7, 11) is 1.64. The molecule has 0 radical (unpaired) electrons. The Morgan fingerprint density at radius 3 is 2.58 bits per heavy atom. The number of fused-ring (bicyclic) bond motifs is 1. The van der Waals surface area contributed by atoms with Gasteiger partial charge in [0.25, 0.3) is 0 Å². The van der Waals surface area contributed by atoms with Crippen molar-refractivity contribution in [2.75, 3.05) is 7.11 Å². The summed E-state index contributed by atoms with van der Waals surface area (Å²) in [5.41, 5.74) is 4.37. The van der Waals surface area contributed by atoms with Crippen LogP contribution in [0.25, 0.3) is 34.4 Å². The van der Waals surface area contributed by atoms with E-state index in [-0.39, 0.29) is 0 Å². The normalized spacial score (nSPS) is 11.9. The highest BCUT2D eigenvalue weighted by Crippen LogP contribution is 2.28. The van der Waals surface area contributed by atoms with Crippen molar-refractivity contribution < 1.29 is 9.84 Å². The second kappa shape index (κ2) is 9.71. The molecule has 2 aromatic heterocycles. The first-order chi connectivity index (χ1) is 17.4. The minimum Gasteiger partial charge on any atom is -0.496 e. The van der Waals surface area contributed by atoms with Gasteiger partial charge in [-0.15, -0.1) is 10.2 Å². The number of ether oxygens (including phenoxy) is 1. The van der Waals surface area contributed by atoms with Gasteiger partial charge in [-0.2, -0.15) is 4.80 Å². The first-order valence-corrected chi connectivity index (χ1v) is 11.7. The Bertz CT molecular complexity index is 1550. The zero-order valence-corrected chi connectivity index (χ0v) is 20.5. The fourth-order valence-corrected chi connectivity index (χ4v) is 4.17. The molecule has 0 amide bonds. The number of pyridine rings is 1. The molecule has 0 saturated carbocycles. The van der Waals surface area contributed by atoms with E-state index in [0.717, 1.165) is 38.9 Å². The van der Waals surface area contributed by atoms with Gasteiger partial charge in [0.2, 0.25) is 5.82 Å². The molecule has 36 heavy (non-hydrogen) atoms. The van der Waals surface area contributed by atoms with E-state index in [2.05, 4.69) is 21.5 Å². The first-order valence-electron chi connectivity index (χ1n) is 11.7. The number of benzene rings is 3. The van der Waals surface area contributed by atoms with Crippen LogP contribution in [0.15, 0.2) is 78.9 Å². The van der Waals surface area contributed by atoms with E-state index in [1.54, 1.807) is 21.0 Å². The number of para-hydroxylation sites is 1. The van der Waals surface area contributed by atoms with E-state index in [9.17, 15) is 5.11 Å². The van der Waals surface area contributed by atoms with E-state index < -0.39 is 5.60 Å².